The van der Waals surface area contributed by atoms with Gasteiger partial charge in [0, 0.05) is 19.6 Å². The summed E-state index contributed by atoms with van der Waals surface area (Å²) < 4.78 is 26.5. The first-order valence-corrected chi connectivity index (χ1v) is 8.48. The smallest absolute Gasteiger partial charge is 0.218 e. The zero-order valence-electron chi connectivity index (χ0n) is 12.1. The summed E-state index contributed by atoms with van der Waals surface area (Å²) in [4.78, 5) is 0. The van der Waals surface area contributed by atoms with Gasteiger partial charge in [-0.25, -0.2) is 8.42 Å². The molecule has 1 aromatic carbocycles. The number of hydrogen-bond donors (Lipinski definition) is 1. The van der Waals surface area contributed by atoms with Gasteiger partial charge in [0.1, 0.15) is 0 Å². The molecule has 1 N–H and O–H groups in total. The third-order valence-electron chi connectivity index (χ3n) is 3.41. The number of sulfonamides is 1. The van der Waals surface area contributed by atoms with Crippen LogP contribution in [0.3, 0.4) is 0 Å². The maximum absolute atomic E-state index is 12.5. The van der Waals surface area contributed by atoms with Crippen molar-refractivity contribution in [1.29, 1.82) is 0 Å². The maximum Gasteiger partial charge on any atom is 0.218 e. The standard InChI is InChI=1S/C15H22N2O2S/c1-13-5-4-8-17(11-13)20(18,19)12-15-7-3-6-14(9-15)10-16-2/h3,5-7,9,16H,4,8,10-12H2,1-2H3. The monoisotopic (exact) mass is 294 g/mol. The third kappa shape index (κ3) is 3.91. The molecule has 0 atom stereocenters. The maximum atomic E-state index is 12.5. The third-order valence-corrected chi connectivity index (χ3v) is 5.21. The van der Waals surface area contributed by atoms with E-state index in [9.17, 15) is 8.42 Å². The van der Waals surface area contributed by atoms with E-state index in [-0.39, 0.29) is 5.75 Å². The highest BCUT2D eigenvalue weighted by atomic mass is 32.2. The van der Waals surface area contributed by atoms with E-state index >= 15 is 0 Å². The Morgan fingerprint density at radius 3 is 2.75 bits per heavy atom. The highest BCUT2D eigenvalue weighted by molar-refractivity contribution is 7.88. The SMILES string of the molecule is CNCc1cccc(CS(=O)(=O)N2CCC=C(C)C2)c1. The van der Waals surface area contributed by atoms with Gasteiger partial charge < -0.3 is 5.32 Å². The van der Waals surface area contributed by atoms with Crippen molar-refractivity contribution in [3.05, 3.63) is 47.0 Å². The lowest BCUT2D eigenvalue weighted by Crippen LogP contribution is -2.36. The average molecular weight is 294 g/mol. The van der Waals surface area contributed by atoms with Crippen LogP contribution in [-0.2, 0) is 22.3 Å². The summed E-state index contributed by atoms with van der Waals surface area (Å²) in [6.45, 7) is 3.85. The number of benzene rings is 1. The molecule has 1 aliphatic heterocycles. The minimum Gasteiger partial charge on any atom is -0.316 e. The fourth-order valence-corrected chi connectivity index (χ4v) is 4.02. The lowest BCUT2D eigenvalue weighted by atomic mass is 10.1. The Morgan fingerprint density at radius 1 is 1.30 bits per heavy atom. The normalized spacial score (nSPS) is 17.0. The van der Waals surface area contributed by atoms with Gasteiger partial charge >= 0.3 is 0 Å². The second kappa shape index (κ2) is 6.52. The first-order valence-electron chi connectivity index (χ1n) is 6.87. The van der Waals surface area contributed by atoms with Crippen LogP contribution in [0.5, 0.6) is 0 Å². The van der Waals surface area contributed by atoms with Crippen LogP contribution in [0, 0.1) is 0 Å². The molecule has 5 heteroatoms. The van der Waals surface area contributed by atoms with Crippen molar-refractivity contribution in [3.8, 4) is 0 Å². The van der Waals surface area contributed by atoms with E-state index in [1.54, 1.807) is 4.31 Å². The lowest BCUT2D eigenvalue weighted by molar-refractivity contribution is 0.427. The number of rotatable bonds is 5. The number of nitrogens with one attached hydrogen (secondary N) is 1. The second-order valence-electron chi connectivity index (χ2n) is 5.28. The fourth-order valence-electron chi connectivity index (χ4n) is 2.45. The van der Waals surface area contributed by atoms with E-state index in [0.717, 1.165) is 29.7 Å². The molecule has 0 radical (unpaired) electrons. The van der Waals surface area contributed by atoms with Crippen LogP contribution < -0.4 is 5.32 Å². The Bertz CT molecular complexity index is 594. The van der Waals surface area contributed by atoms with E-state index in [1.165, 1.54) is 0 Å². The molecule has 0 spiro atoms. The fraction of sp³-hybridized carbons (Fsp3) is 0.467. The number of hydrogen-bond acceptors (Lipinski definition) is 3. The van der Waals surface area contributed by atoms with Gasteiger partial charge in [-0.05, 0) is 31.5 Å². The van der Waals surface area contributed by atoms with Gasteiger partial charge in [0.25, 0.3) is 0 Å². The summed E-state index contributed by atoms with van der Waals surface area (Å²) in [5.41, 5.74) is 3.09. The van der Waals surface area contributed by atoms with Gasteiger partial charge in [-0.3, -0.25) is 0 Å². The summed E-state index contributed by atoms with van der Waals surface area (Å²) in [5, 5.41) is 3.08. The molecule has 0 saturated heterocycles. The summed E-state index contributed by atoms with van der Waals surface area (Å²) in [7, 11) is -1.35. The summed E-state index contributed by atoms with van der Waals surface area (Å²) in [5.74, 6) is 0.0812. The largest absolute Gasteiger partial charge is 0.316 e. The molecule has 0 aromatic heterocycles. The Hall–Kier alpha value is -1.17. The molecule has 0 aliphatic carbocycles. The highest BCUT2D eigenvalue weighted by Gasteiger charge is 2.24. The molecule has 0 saturated carbocycles. The molecule has 1 aliphatic rings. The quantitative estimate of drug-likeness (QED) is 0.844. The minimum atomic E-state index is -3.23. The molecule has 2 rings (SSSR count). The van der Waals surface area contributed by atoms with Crippen molar-refractivity contribution >= 4 is 10.0 Å². The molecule has 1 heterocycles. The van der Waals surface area contributed by atoms with Gasteiger partial charge in [-0.1, -0.05) is 35.9 Å². The Balaban J connectivity index is 2.12. The van der Waals surface area contributed by atoms with E-state index in [2.05, 4.69) is 11.4 Å². The molecule has 0 unspecified atom stereocenters. The van der Waals surface area contributed by atoms with Gasteiger partial charge in [-0.15, -0.1) is 0 Å². The van der Waals surface area contributed by atoms with Crippen LogP contribution >= 0.6 is 0 Å². The van der Waals surface area contributed by atoms with Crippen LogP contribution in [0.4, 0.5) is 0 Å². The summed E-state index contributed by atoms with van der Waals surface area (Å²) in [6.07, 6.45) is 2.92. The zero-order valence-corrected chi connectivity index (χ0v) is 12.9. The van der Waals surface area contributed by atoms with Crippen molar-refractivity contribution in [1.82, 2.24) is 9.62 Å². The van der Waals surface area contributed by atoms with Crippen LogP contribution in [0.2, 0.25) is 0 Å². The Kier molecular flexibility index (Phi) is 4.96. The molecule has 110 valence electrons. The highest BCUT2D eigenvalue weighted by Crippen LogP contribution is 2.17. The summed E-state index contributed by atoms with van der Waals surface area (Å²) >= 11 is 0. The predicted octanol–water partition coefficient (Wildman–Crippen LogP) is 1.89. The second-order valence-corrected chi connectivity index (χ2v) is 7.25. The minimum absolute atomic E-state index is 0.0812. The average Bonchev–Trinajstić information content (AvgIpc) is 2.39. The molecule has 0 bridgehead atoms. The van der Waals surface area contributed by atoms with Gasteiger partial charge in [0.05, 0.1) is 5.75 Å². The van der Waals surface area contributed by atoms with Crippen molar-refractivity contribution in [2.45, 2.75) is 25.6 Å². The molecule has 0 fully saturated rings. The molecular formula is C15H22N2O2S. The van der Waals surface area contributed by atoms with Crippen LogP contribution in [0.25, 0.3) is 0 Å². The van der Waals surface area contributed by atoms with E-state index < -0.39 is 10.0 Å². The van der Waals surface area contributed by atoms with E-state index in [1.807, 2.05) is 38.2 Å². The van der Waals surface area contributed by atoms with Crippen molar-refractivity contribution in [2.24, 2.45) is 0 Å². The topological polar surface area (TPSA) is 49.4 Å². The zero-order chi connectivity index (χ0) is 14.6. The molecule has 20 heavy (non-hydrogen) atoms. The Labute approximate surface area is 121 Å². The van der Waals surface area contributed by atoms with Crippen LogP contribution in [-0.4, -0.2) is 32.9 Å². The van der Waals surface area contributed by atoms with E-state index in [0.29, 0.717) is 13.1 Å². The van der Waals surface area contributed by atoms with Gasteiger partial charge in [0.2, 0.25) is 10.0 Å². The van der Waals surface area contributed by atoms with Crippen molar-refractivity contribution in [2.75, 3.05) is 20.1 Å². The molecule has 4 nitrogen and oxygen atoms in total. The van der Waals surface area contributed by atoms with Gasteiger partial charge in [0.15, 0.2) is 0 Å². The lowest BCUT2D eigenvalue weighted by Gasteiger charge is -2.25. The number of nitrogens with zero attached hydrogens (tertiary/aromatic N) is 1. The molecule has 0 amide bonds. The molecular weight excluding hydrogens is 272 g/mol. The van der Waals surface area contributed by atoms with E-state index in [4.69, 9.17) is 0 Å². The van der Waals surface area contributed by atoms with Crippen molar-refractivity contribution < 1.29 is 8.42 Å². The Morgan fingerprint density at radius 2 is 2.05 bits per heavy atom. The summed E-state index contributed by atoms with van der Waals surface area (Å²) in [6, 6.07) is 7.75. The first kappa shape index (κ1) is 15.2. The van der Waals surface area contributed by atoms with Crippen LogP contribution in [0.1, 0.15) is 24.5 Å². The predicted molar refractivity (Wildman–Crippen MR) is 81.8 cm³/mol. The van der Waals surface area contributed by atoms with Crippen molar-refractivity contribution in [3.63, 3.8) is 0 Å². The van der Waals surface area contributed by atoms with Crippen LogP contribution in [0.15, 0.2) is 35.9 Å². The first-order chi connectivity index (χ1) is 9.51. The molecule has 1 aromatic rings. The van der Waals surface area contributed by atoms with Gasteiger partial charge in [-0.2, -0.15) is 4.31 Å².